The molecule has 100 valence electrons. The van der Waals surface area contributed by atoms with Gasteiger partial charge in [-0.15, -0.1) is 0 Å². The second-order valence-electron chi connectivity index (χ2n) is 4.91. The molecule has 0 radical (unpaired) electrons. The number of benzene rings is 2. The Labute approximate surface area is 115 Å². The first-order chi connectivity index (χ1) is 9.25. The van der Waals surface area contributed by atoms with Crippen LogP contribution in [-0.4, -0.2) is 11.2 Å². The molecule has 0 aliphatic carbocycles. The minimum absolute atomic E-state index is 0.182. The topological polar surface area (TPSA) is 32.3 Å². The van der Waals surface area contributed by atoms with E-state index in [1.54, 1.807) is 0 Å². The third kappa shape index (κ3) is 4.51. The quantitative estimate of drug-likeness (QED) is 0.830. The molecule has 0 saturated heterocycles. The molecule has 2 rings (SSSR count). The minimum Gasteiger partial charge on any atom is -0.393 e. The van der Waals surface area contributed by atoms with E-state index in [1.807, 2.05) is 43.3 Å². The van der Waals surface area contributed by atoms with Gasteiger partial charge in [-0.05, 0) is 24.5 Å². The third-order valence-corrected chi connectivity index (χ3v) is 3.17. The van der Waals surface area contributed by atoms with E-state index in [9.17, 15) is 5.11 Å². The van der Waals surface area contributed by atoms with E-state index in [-0.39, 0.29) is 12.1 Å². The molecule has 0 aliphatic heterocycles. The molecule has 2 heteroatoms. The number of nitrogens with one attached hydrogen (secondary N) is 1. The molecule has 0 heterocycles. The van der Waals surface area contributed by atoms with Crippen molar-refractivity contribution in [3.63, 3.8) is 0 Å². The second kappa shape index (κ2) is 7.07. The second-order valence-corrected chi connectivity index (χ2v) is 4.91. The number of aliphatic hydroxyl groups is 1. The van der Waals surface area contributed by atoms with E-state index >= 15 is 0 Å². The Kier molecular flexibility index (Phi) is 5.13. The SMILES string of the molecule is C[C@H](O)C[C@H](NCc1ccccc1)c1ccccc1. The van der Waals surface area contributed by atoms with Crippen LogP contribution in [0.25, 0.3) is 0 Å². The molecule has 0 aliphatic rings. The average molecular weight is 255 g/mol. The van der Waals surface area contributed by atoms with Crippen molar-refractivity contribution in [2.75, 3.05) is 0 Å². The standard InChI is InChI=1S/C17H21NO/c1-14(19)12-17(16-10-6-3-7-11-16)18-13-15-8-4-2-5-9-15/h2-11,14,17-19H,12-13H2,1H3/t14-,17-/m0/s1. The van der Waals surface area contributed by atoms with Crippen LogP contribution in [0.3, 0.4) is 0 Å². The zero-order valence-corrected chi connectivity index (χ0v) is 11.3. The lowest BCUT2D eigenvalue weighted by molar-refractivity contribution is 0.167. The fourth-order valence-corrected chi connectivity index (χ4v) is 2.20. The smallest absolute Gasteiger partial charge is 0.0530 e. The fraction of sp³-hybridized carbons (Fsp3) is 0.294. The van der Waals surface area contributed by atoms with Gasteiger partial charge in [-0.25, -0.2) is 0 Å². The molecule has 0 bridgehead atoms. The molecule has 2 atom stereocenters. The monoisotopic (exact) mass is 255 g/mol. The summed E-state index contributed by atoms with van der Waals surface area (Å²) in [6.07, 6.45) is 0.408. The first-order valence-corrected chi connectivity index (χ1v) is 6.76. The molecular formula is C17H21NO. The maximum atomic E-state index is 9.64. The minimum atomic E-state index is -0.312. The van der Waals surface area contributed by atoms with Gasteiger partial charge in [0.2, 0.25) is 0 Å². The normalized spacial score (nSPS) is 14.0. The van der Waals surface area contributed by atoms with Gasteiger partial charge in [0, 0.05) is 12.6 Å². The summed E-state index contributed by atoms with van der Waals surface area (Å²) < 4.78 is 0. The fourth-order valence-electron chi connectivity index (χ4n) is 2.20. The van der Waals surface area contributed by atoms with Gasteiger partial charge in [0.15, 0.2) is 0 Å². The maximum Gasteiger partial charge on any atom is 0.0530 e. The Morgan fingerprint density at radius 2 is 1.53 bits per heavy atom. The third-order valence-electron chi connectivity index (χ3n) is 3.17. The number of aliphatic hydroxyl groups excluding tert-OH is 1. The van der Waals surface area contributed by atoms with E-state index in [1.165, 1.54) is 11.1 Å². The highest BCUT2D eigenvalue weighted by Crippen LogP contribution is 2.19. The molecular weight excluding hydrogens is 234 g/mol. The van der Waals surface area contributed by atoms with Gasteiger partial charge in [0.1, 0.15) is 0 Å². The lowest BCUT2D eigenvalue weighted by atomic mass is 10.0. The Morgan fingerprint density at radius 1 is 0.947 bits per heavy atom. The van der Waals surface area contributed by atoms with Gasteiger partial charge in [-0.2, -0.15) is 0 Å². The van der Waals surface area contributed by atoms with Crippen LogP contribution in [0.5, 0.6) is 0 Å². The molecule has 0 unspecified atom stereocenters. The molecule has 0 spiro atoms. The Balaban J connectivity index is 2.02. The molecule has 2 N–H and O–H groups in total. The van der Waals surface area contributed by atoms with Crippen LogP contribution >= 0.6 is 0 Å². The Hall–Kier alpha value is -1.64. The van der Waals surface area contributed by atoms with Crippen molar-refractivity contribution in [1.29, 1.82) is 0 Å². The van der Waals surface area contributed by atoms with E-state index in [2.05, 4.69) is 29.6 Å². The van der Waals surface area contributed by atoms with E-state index in [4.69, 9.17) is 0 Å². The lowest BCUT2D eigenvalue weighted by Gasteiger charge is -2.20. The molecule has 19 heavy (non-hydrogen) atoms. The summed E-state index contributed by atoms with van der Waals surface area (Å²) in [7, 11) is 0. The Bertz CT molecular complexity index is 467. The van der Waals surface area contributed by atoms with Crippen LogP contribution in [0.15, 0.2) is 60.7 Å². The van der Waals surface area contributed by atoms with E-state index in [0.717, 1.165) is 13.0 Å². The summed E-state index contributed by atoms with van der Waals surface area (Å²) in [6, 6.07) is 20.8. The van der Waals surface area contributed by atoms with E-state index in [0.29, 0.717) is 0 Å². The molecule has 0 saturated carbocycles. The van der Waals surface area contributed by atoms with Crippen molar-refractivity contribution in [2.45, 2.75) is 32.0 Å². The van der Waals surface area contributed by atoms with Crippen molar-refractivity contribution in [3.8, 4) is 0 Å². The lowest BCUT2D eigenvalue weighted by Crippen LogP contribution is -2.24. The number of hydrogen-bond donors (Lipinski definition) is 2. The van der Waals surface area contributed by atoms with Gasteiger partial charge >= 0.3 is 0 Å². The predicted octanol–water partition coefficient (Wildman–Crippen LogP) is 3.29. The van der Waals surface area contributed by atoms with Gasteiger partial charge < -0.3 is 10.4 Å². The predicted molar refractivity (Wildman–Crippen MR) is 78.8 cm³/mol. The molecule has 2 aromatic carbocycles. The van der Waals surface area contributed by atoms with Crippen molar-refractivity contribution in [1.82, 2.24) is 5.32 Å². The first-order valence-electron chi connectivity index (χ1n) is 6.76. The number of hydrogen-bond acceptors (Lipinski definition) is 2. The first kappa shape index (κ1) is 13.8. The van der Waals surface area contributed by atoms with Crippen LogP contribution in [0.4, 0.5) is 0 Å². The van der Waals surface area contributed by atoms with Crippen LogP contribution in [0.2, 0.25) is 0 Å². The summed E-state index contributed by atoms with van der Waals surface area (Å²) in [6.45, 7) is 2.65. The highest BCUT2D eigenvalue weighted by atomic mass is 16.3. The zero-order valence-electron chi connectivity index (χ0n) is 11.3. The summed E-state index contributed by atoms with van der Waals surface area (Å²) in [5.41, 5.74) is 2.48. The van der Waals surface area contributed by atoms with Crippen molar-refractivity contribution in [2.24, 2.45) is 0 Å². The summed E-state index contributed by atoms with van der Waals surface area (Å²) >= 11 is 0. The average Bonchev–Trinajstić information content (AvgIpc) is 2.45. The largest absolute Gasteiger partial charge is 0.393 e. The van der Waals surface area contributed by atoms with Gasteiger partial charge in [-0.1, -0.05) is 60.7 Å². The van der Waals surface area contributed by atoms with Crippen molar-refractivity contribution < 1.29 is 5.11 Å². The van der Waals surface area contributed by atoms with Crippen LogP contribution in [-0.2, 0) is 6.54 Å². The van der Waals surface area contributed by atoms with Crippen molar-refractivity contribution >= 4 is 0 Å². The van der Waals surface area contributed by atoms with Gasteiger partial charge in [0.05, 0.1) is 6.10 Å². The van der Waals surface area contributed by atoms with Crippen LogP contribution in [0.1, 0.15) is 30.5 Å². The molecule has 2 nitrogen and oxygen atoms in total. The summed E-state index contributed by atoms with van der Waals surface area (Å²) in [4.78, 5) is 0. The van der Waals surface area contributed by atoms with Crippen LogP contribution < -0.4 is 5.32 Å². The highest BCUT2D eigenvalue weighted by molar-refractivity contribution is 5.20. The van der Waals surface area contributed by atoms with Gasteiger partial charge in [-0.3, -0.25) is 0 Å². The maximum absolute atomic E-state index is 9.64. The van der Waals surface area contributed by atoms with Crippen molar-refractivity contribution in [3.05, 3.63) is 71.8 Å². The Morgan fingerprint density at radius 3 is 2.11 bits per heavy atom. The van der Waals surface area contributed by atoms with Crippen LogP contribution in [0, 0.1) is 0 Å². The summed E-state index contributed by atoms with van der Waals surface area (Å²) in [5, 5.41) is 13.2. The van der Waals surface area contributed by atoms with Gasteiger partial charge in [0.25, 0.3) is 0 Å². The number of rotatable bonds is 6. The molecule has 2 aromatic rings. The zero-order chi connectivity index (χ0) is 13.5. The molecule has 0 fully saturated rings. The highest BCUT2D eigenvalue weighted by Gasteiger charge is 2.13. The summed E-state index contributed by atoms with van der Waals surface area (Å²) in [5.74, 6) is 0. The molecule has 0 aromatic heterocycles. The van der Waals surface area contributed by atoms with E-state index < -0.39 is 0 Å². The molecule has 0 amide bonds.